The van der Waals surface area contributed by atoms with E-state index in [2.05, 4.69) is 0 Å². The molecule has 0 atom stereocenters. The molecule has 2 aromatic rings. The van der Waals surface area contributed by atoms with Gasteiger partial charge in [0.2, 0.25) is 5.13 Å². The van der Waals surface area contributed by atoms with Crippen molar-refractivity contribution < 1.29 is 8.78 Å². The third-order valence-electron chi connectivity index (χ3n) is 2.00. The predicted octanol–water partition coefficient (Wildman–Crippen LogP) is 3.62. The Bertz CT molecular complexity index is 420. The van der Waals surface area contributed by atoms with Gasteiger partial charge in [-0.3, -0.25) is 0 Å². The molecule has 0 saturated carbocycles. The largest absolute Gasteiger partial charge is 0.212 e. The molecule has 0 aliphatic rings. The molecule has 0 amide bonds. The fourth-order valence-corrected chi connectivity index (χ4v) is 1.95. The first-order chi connectivity index (χ1) is 6.77. The van der Waals surface area contributed by atoms with Crippen molar-refractivity contribution in [2.24, 2.45) is 0 Å². The van der Waals surface area contributed by atoms with Crippen LogP contribution in [0.4, 0.5) is 8.78 Å². The number of hydrogen-bond donors (Lipinski definition) is 0. The number of halogens is 2. The Kier molecular flexibility index (Phi) is 2.59. The Balaban J connectivity index is 2.23. The Morgan fingerprint density at radius 1 is 1.07 bits per heavy atom. The van der Waals surface area contributed by atoms with Gasteiger partial charge in [0.1, 0.15) is 0 Å². The van der Waals surface area contributed by atoms with E-state index >= 15 is 0 Å². The van der Waals surface area contributed by atoms with Crippen LogP contribution < -0.4 is 0 Å². The van der Waals surface area contributed by atoms with Gasteiger partial charge in [-0.2, -0.15) is 4.39 Å². The zero-order valence-corrected chi connectivity index (χ0v) is 8.15. The zero-order chi connectivity index (χ0) is 9.97. The lowest BCUT2D eigenvalue weighted by Gasteiger charge is -1.97. The first kappa shape index (κ1) is 9.34. The van der Waals surface area contributed by atoms with Gasteiger partial charge in [0.05, 0.1) is 0 Å². The van der Waals surface area contributed by atoms with Gasteiger partial charge in [0.25, 0.3) is 0 Å². The minimum absolute atomic E-state index is 0.429. The smallest absolute Gasteiger partial charge is 0.202 e. The van der Waals surface area contributed by atoms with Crippen LogP contribution in [-0.4, -0.2) is 0 Å². The average Bonchev–Trinajstić information content (AvgIpc) is 2.52. The second-order valence-corrected chi connectivity index (χ2v) is 3.84. The van der Waals surface area contributed by atoms with Crippen molar-refractivity contribution in [3.8, 4) is 0 Å². The molecule has 0 saturated heterocycles. The van der Waals surface area contributed by atoms with Gasteiger partial charge < -0.3 is 0 Å². The molecule has 2 rings (SSSR count). The summed E-state index contributed by atoms with van der Waals surface area (Å²) in [5.74, 6) is -0.709. The molecule has 0 radical (unpaired) electrons. The molecule has 1 aromatic heterocycles. The van der Waals surface area contributed by atoms with Gasteiger partial charge in [-0.05, 0) is 5.56 Å². The molecule has 1 heterocycles. The summed E-state index contributed by atoms with van der Waals surface area (Å²) in [6, 6.07) is 9.46. The Morgan fingerprint density at radius 2 is 1.79 bits per heavy atom. The van der Waals surface area contributed by atoms with Crippen LogP contribution in [-0.2, 0) is 6.42 Å². The van der Waals surface area contributed by atoms with Crippen LogP contribution in [0.2, 0.25) is 0 Å². The molecule has 72 valence electrons. The van der Waals surface area contributed by atoms with E-state index in [4.69, 9.17) is 0 Å². The lowest BCUT2D eigenvalue weighted by molar-refractivity contribution is 0.523. The lowest BCUT2D eigenvalue weighted by atomic mass is 10.1. The molecule has 0 N–H and O–H groups in total. The third kappa shape index (κ3) is 1.82. The van der Waals surface area contributed by atoms with Crippen molar-refractivity contribution in [1.29, 1.82) is 0 Å². The molecular formula is C11H8F2S. The highest BCUT2D eigenvalue weighted by Crippen LogP contribution is 2.21. The minimum Gasteiger partial charge on any atom is -0.202 e. The number of hydrogen-bond acceptors (Lipinski definition) is 1. The Labute approximate surface area is 84.8 Å². The predicted molar refractivity (Wildman–Crippen MR) is 53.5 cm³/mol. The summed E-state index contributed by atoms with van der Waals surface area (Å²) in [4.78, 5) is 0. The molecule has 0 fully saturated rings. The van der Waals surface area contributed by atoms with Gasteiger partial charge in [0.15, 0.2) is 5.82 Å². The number of rotatable bonds is 2. The normalized spacial score (nSPS) is 10.4. The number of benzene rings is 1. The van der Waals surface area contributed by atoms with Crippen molar-refractivity contribution in [2.45, 2.75) is 6.42 Å². The second kappa shape index (κ2) is 3.88. The average molecular weight is 210 g/mol. The lowest BCUT2D eigenvalue weighted by Crippen LogP contribution is -1.88. The van der Waals surface area contributed by atoms with Crippen molar-refractivity contribution in [3.63, 3.8) is 0 Å². The van der Waals surface area contributed by atoms with E-state index in [-0.39, 0.29) is 0 Å². The molecular weight excluding hydrogens is 202 g/mol. The molecule has 0 aliphatic heterocycles. The van der Waals surface area contributed by atoms with Crippen molar-refractivity contribution in [2.75, 3.05) is 0 Å². The van der Waals surface area contributed by atoms with Gasteiger partial charge in [-0.1, -0.05) is 30.3 Å². The summed E-state index contributed by atoms with van der Waals surface area (Å²) in [6.45, 7) is 0. The molecule has 14 heavy (non-hydrogen) atoms. The molecule has 0 unspecified atom stereocenters. The van der Waals surface area contributed by atoms with E-state index in [0.717, 1.165) is 16.9 Å². The van der Waals surface area contributed by atoms with Gasteiger partial charge >= 0.3 is 0 Å². The maximum Gasteiger partial charge on any atom is 0.212 e. The quantitative estimate of drug-likeness (QED) is 0.710. The highest BCUT2D eigenvalue weighted by Gasteiger charge is 2.10. The third-order valence-corrected chi connectivity index (χ3v) is 2.79. The first-order valence-electron chi connectivity index (χ1n) is 4.22. The summed E-state index contributed by atoms with van der Waals surface area (Å²) in [6.07, 6.45) is 0.451. The van der Waals surface area contributed by atoms with Crippen LogP contribution in [0.15, 0.2) is 35.7 Å². The molecule has 0 nitrogen and oxygen atoms in total. The van der Waals surface area contributed by atoms with Gasteiger partial charge in [-0.25, -0.2) is 4.39 Å². The molecule has 0 spiro atoms. The Morgan fingerprint density at radius 3 is 2.36 bits per heavy atom. The van der Waals surface area contributed by atoms with Crippen LogP contribution >= 0.6 is 11.3 Å². The molecule has 3 heteroatoms. The maximum absolute atomic E-state index is 13.1. The summed E-state index contributed by atoms with van der Waals surface area (Å²) in [7, 11) is 0. The minimum atomic E-state index is -0.726. The van der Waals surface area contributed by atoms with E-state index < -0.39 is 10.9 Å². The second-order valence-electron chi connectivity index (χ2n) is 3.01. The summed E-state index contributed by atoms with van der Waals surface area (Å²) < 4.78 is 25.8. The van der Waals surface area contributed by atoms with Crippen LogP contribution in [0.5, 0.6) is 0 Å². The van der Waals surface area contributed by atoms with E-state index in [1.165, 1.54) is 5.38 Å². The summed E-state index contributed by atoms with van der Waals surface area (Å²) in [5.41, 5.74) is 1.42. The standard InChI is InChI=1S/C11H8F2S/c12-10-9(7-14-11(10)13)6-8-4-2-1-3-5-8/h1-5,7H,6H2. The van der Waals surface area contributed by atoms with Gasteiger partial charge in [0, 0.05) is 17.4 Å². The van der Waals surface area contributed by atoms with E-state index in [1.807, 2.05) is 30.3 Å². The van der Waals surface area contributed by atoms with Crippen molar-refractivity contribution >= 4 is 11.3 Å². The molecule has 0 bridgehead atoms. The van der Waals surface area contributed by atoms with Crippen LogP contribution in [0.3, 0.4) is 0 Å². The highest BCUT2D eigenvalue weighted by atomic mass is 32.1. The molecule has 0 aliphatic carbocycles. The Hall–Kier alpha value is -1.22. The topological polar surface area (TPSA) is 0 Å². The van der Waals surface area contributed by atoms with E-state index in [0.29, 0.717) is 12.0 Å². The summed E-state index contributed by atoms with van der Waals surface area (Å²) >= 11 is 0.809. The van der Waals surface area contributed by atoms with Crippen LogP contribution in [0.1, 0.15) is 11.1 Å². The van der Waals surface area contributed by atoms with Crippen molar-refractivity contribution in [1.82, 2.24) is 0 Å². The fraction of sp³-hybridized carbons (Fsp3) is 0.0909. The van der Waals surface area contributed by atoms with E-state index in [9.17, 15) is 8.78 Å². The monoisotopic (exact) mass is 210 g/mol. The van der Waals surface area contributed by atoms with Crippen LogP contribution in [0.25, 0.3) is 0 Å². The first-order valence-corrected chi connectivity index (χ1v) is 5.10. The van der Waals surface area contributed by atoms with Crippen molar-refractivity contribution in [3.05, 3.63) is 57.8 Å². The SMILES string of the molecule is Fc1scc(Cc2ccccc2)c1F. The summed E-state index contributed by atoms with van der Waals surface area (Å²) in [5, 5.41) is 0.799. The zero-order valence-electron chi connectivity index (χ0n) is 7.34. The van der Waals surface area contributed by atoms with Crippen LogP contribution in [0, 0.1) is 10.9 Å². The maximum atomic E-state index is 13.1. The van der Waals surface area contributed by atoms with E-state index in [1.54, 1.807) is 0 Å². The number of thiophene rings is 1. The van der Waals surface area contributed by atoms with Gasteiger partial charge in [-0.15, -0.1) is 11.3 Å². The highest BCUT2D eigenvalue weighted by molar-refractivity contribution is 7.08. The molecule has 1 aromatic carbocycles. The fourth-order valence-electron chi connectivity index (χ4n) is 1.29.